The van der Waals surface area contributed by atoms with Gasteiger partial charge in [-0.1, -0.05) is 53.4 Å². The smallest absolute Gasteiger partial charge is 0.550 e. The summed E-state index contributed by atoms with van der Waals surface area (Å²) in [6.45, 7) is 8.55. The van der Waals surface area contributed by atoms with E-state index in [0.717, 1.165) is 38.5 Å². The van der Waals surface area contributed by atoms with Crippen LogP contribution in [0, 0.1) is 11.8 Å². The molecule has 0 aliphatic heterocycles. The maximum atomic E-state index is 9.93. The zero-order chi connectivity index (χ0) is 16.0. The summed E-state index contributed by atoms with van der Waals surface area (Å²) in [7, 11) is 0. The molecule has 0 aromatic rings. The number of carbonyl (C=O) groups excluding carboxylic acids is 2. The number of hydrogen-bond donors (Lipinski definition) is 0. The average Bonchev–Trinajstić information content (AvgIpc) is 2.30. The Bertz CT molecular complexity index is 227. The third-order valence-electron chi connectivity index (χ3n) is 2.82. The first kappa shape index (κ1) is 26.3. The van der Waals surface area contributed by atoms with Gasteiger partial charge in [0.1, 0.15) is 0 Å². The van der Waals surface area contributed by atoms with Crippen LogP contribution in [0.15, 0.2) is 0 Å². The van der Waals surface area contributed by atoms with Gasteiger partial charge in [-0.25, -0.2) is 0 Å². The molecule has 21 heavy (non-hydrogen) atoms. The molecule has 0 aliphatic carbocycles. The molecule has 0 amide bonds. The quantitative estimate of drug-likeness (QED) is 0.429. The van der Waals surface area contributed by atoms with Gasteiger partial charge in [-0.3, -0.25) is 0 Å². The first-order valence-corrected chi connectivity index (χ1v) is 7.65. The zero-order valence-electron chi connectivity index (χ0n) is 14.2. The number of hydrogen-bond acceptors (Lipinski definition) is 4. The molecular formula is C16H30O4Sr. The van der Waals surface area contributed by atoms with Crippen LogP contribution in [0.2, 0.25) is 0 Å². The van der Waals surface area contributed by atoms with Crippen LogP contribution in [0.3, 0.4) is 0 Å². The number of rotatable bonds is 10. The molecule has 0 aromatic carbocycles. The van der Waals surface area contributed by atoms with Crippen molar-refractivity contribution in [3.05, 3.63) is 0 Å². The number of carbonyl (C=O) groups is 2. The molecule has 0 saturated heterocycles. The van der Waals surface area contributed by atoms with Crippen LogP contribution in [-0.2, 0) is 9.59 Å². The van der Waals surface area contributed by atoms with E-state index in [0.29, 0.717) is 11.8 Å². The summed E-state index contributed by atoms with van der Waals surface area (Å²) in [6, 6.07) is 0. The van der Waals surface area contributed by atoms with E-state index in [-0.39, 0.29) is 58.3 Å². The Kier molecular flexibility index (Phi) is 23.2. The van der Waals surface area contributed by atoms with Gasteiger partial charge in [0.05, 0.1) is 0 Å². The predicted molar refractivity (Wildman–Crippen MR) is 82.4 cm³/mol. The summed E-state index contributed by atoms with van der Waals surface area (Å²) in [5.74, 6) is -0.490. The van der Waals surface area contributed by atoms with Crippen LogP contribution in [0.4, 0.5) is 0 Å². The molecule has 120 valence electrons. The SMILES string of the molecule is CC(C)CCCCC(=O)[O-].CC(C)CCCCC(=O)[O-].[Sr+2]. The fourth-order valence-electron chi connectivity index (χ4n) is 1.64. The maximum absolute atomic E-state index is 9.93. The van der Waals surface area contributed by atoms with Crippen molar-refractivity contribution in [2.24, 2.45) is 11.8 Å². The minimum Gasteiger partial charge on any atom is -0.550 e. The Morgan fingerprint density at radius 1 is 0.714 bits per heavy atom. The fraction of sp³-hybridized carbons (Fsp3) is 0.875. The van der Waals surface area contributed by atoms with E-state index in [2.05, 4.69) is 27.7 Å². The molecule has 0 radical (unpaired) electrons. The third kappa shape index (κ3) is 33.3. The topological polar surface area (TPSA) is 80.3 Å². The average molecular weight is 374 g/mol. The number of carboxylic acid groups (broad SMARTS) is 2. The first-order chi connectivity index (χ1) is 9.25. The maximum Gasteiger partial charge on any atom is 2.00 e. The minimum atomic E-state index is -0.927. The minimum absolute atomic E-state index is 0. The van der Waals surface area contributed by atoms with E-state index >= 15 is 0 Å². The van der Waals surface area contributed by atoms with E-state index in [1.165, 1.54) is 0 Å². The van der Waals surface area contributed by atoms with Crippen LogP contribution in [0.5, 0.6) is 0 Å². The van der Waals surface area contributed by atoms with Crippen molar-refractivity contribution < 1.29 is 19.8 Å². The largest absolute Gasteiger partial charge is 2.00 e. The Balaban J connectivity index is -0.000000295. The molecule has 0 saturated carbocycles. The summed E-state index contributed by atoms with van der Waals surface area (Å²) >= 11 is 0. The fourth-order valence-corrected chi connectivity index (χ4v) is 1.64. The van der Waals surface area contributed by atoms with Crippen LogP contribution < -0.4 is 10.2 Å². The van der Waals surface area contributed by atoms with Crippen molar-refractivity contribution in [3.63, 3.8) is 0 Å². The van der Waals surface area contributed by atoms with Crippen LogP contribution >= 0.6 is 0 Å². The van der Waals surface area contributed by atoms with E-state index in [1.54, 1.807) is 0 Å². The second-order valence-electron chi connectivity index (χ2n) is 6.02. The van der Waals surface area contributed by atoms with Gasteiger partial charge in [0, 0.05) is 11.9 Å². The molecule has 5 heteroatoms. The molecule has 0 rings (SSSR count). The predicted octanol–water partition coefficient (Wildman–Crippen LogP) is 1.52. The molecule has 0 N–H and O–H groups in total. The summed E-state index contributed by atoms with van der Waals surface area (Å²) in [6.07, 6.45) is 6.21. The van der Waals surface area contributed by atoms with Crippen molar-refractivity contribution in [2.75, 3.05) is 0 Å². The molecule has 0 aromatic heterocycles. The summed E-state index contributed by atoms with van der Waals surface area (Å²) in [5.41, 5.74) is 0. The van der Waals surface area contributed by atoms with Crippen LogP contribution in [0.25, 0.3) is 0 Å². The third-order valence-corrected chi connectivity index (χ3v) is 2.82. The first-order valence-electron chi connectivity index (χ1n) is 7.65. The van der Waals surface area contributed by atoms with Crippen molar-refractivity contribution in [3.8, 4) is 0 Å². The van der Waals surface area contributed by atoms with Gasteiger partial charge in [-0.05, 0) is 37.5 Å². The molecule has 0 fully saturated rings. The Morgan fingerprint density at radius 3 is 1.19 bits per heavy atom. The Hall–Kier alpha value is 0.421. The second-order valence-corrected chi connectivity index (χ2v) is 6.02. The van der Waals surface area contributed by atoms with Crippen molar-refractivity contribution >= 4 is 57.4 Å². The molecule has 4 nitrogen and oxygen atoms in total. The Labute approximate surface area is 167 Å². The second kappa shape index (κ2) is 18.5. The van der Waals surface area contributed by atoms with Gasteiger partial charge in [0.15, 0.2) is 0 Å². The van der Waals surface area contributed by atoms with E-state index in [1.807, 2.05) is 0 Å². The number of carboxylic acids is 2. The van der Waals surface area contributed by atoms with Crippen LogP contribution in [0.1, 0.15) is 79.1 Å². The van der Waals surface area contributed by atoms with E-state index in [4.69, 9.17) is 0 Å². The monoisotopic (exact) mass is 374 g/mol. The molecule has 0 spiro atoms. The summed E-state index contributed by atoms with van der Waals surface area (Å²) in [4.78, 5) is 19.9. The standard InChI is InChI=1S/2C8H16O2.Sr/c2*1-7(2)5-3-4-6-8(9)10;/h2*7H,3-6H2,1-2H3,(H,9,10);/q;;+2/p-2. The molecule has 0 bridgehead atoms. The van der Waals surface area contributed by atoms with Gasteiger partial charge in [0.25, 0.3) is 0 Å². The number of aliphatic carboxylic acids is 2. The van der Waals surface area contributed by atoms with E-state index in [9.17, 15) is 19.8 Å². The molecule has 0 atom stereocenters. The molecular weight excluding hydrogens is 344 g/mol. The zero-order valence-corrected chi connectivity index (χ0v) is 17.6. The van der Waals surface area contributed by atoms with Crippen molar-refractivity contribution in [1.29, 1.82) is 0 Å². The van der Waals surface area contributed by atoms with E-state index < -0.39 is 11.9 Å². The van der Waals surface area contributed by atoms with Gasteiger partial charge >= 0.3 is 45.5 Å². The van der Waals surface area contributed by atoms with Crippen molar-refractivity contribution in [1.82, 2.24) is 0 Å². The van der Waals surface area contributed by atoms with Crippen LogP contribution in [-0.4, -0.2) is 57.4 Å². The van der Waals surface area contributed by atoms with Gasteiger partial charge in [-0.15, -0.1) is 0 Å². The summed E-state index contributed by atoms with van der Waals surface area (Å²) in [5, 5.41) is 19.9. The number of unbranched alkanes of at least 4 members (excludes halogenated alkanes) is 2. The Morgan fingerprint density at radius 2 is 1.00 bits per heavy atom. The van der Waals surface area contributed by atoms with Gasteiger partial charge in [0.2, 0.25) is 0 Å². The van der Waals surface area contributed by atoms with Gasteiger partial charge < -0.3 is 19.8 Å². The molecule has 0 unspecified atom stereocenters. The molecule has 0 heterocycles. The molecule has 0 aliphatic rings. The van der Waals surface area contributed by atoms with Gasteiger partial charge in [-0.2, -0.15) is 0 Å². The van der Waals surface area contributed by atoms with Crippen molar-refractivity contribution in [2.45, 2.75) is 79.1 Å². The normalized spacial score (nSPS) is 9.81. The summed E-state index contributed by atoms with van der Waals surface area (Å²) < 4.78 is 0.